The fourth-order valence-corrected chi connectivity index (χ4v) is 1.70. The van der Waals surface area contributed by atoms with E-state index < -0.39 is 0 Å². The molecule has 0 aliphatic carbocycles. The molecule has 0 spiro atoms. The van der Waals surface area contributed by atoms with Crippen molar-refractivity contribution in [2.45, 2.75) is 13.8 Å². The molecule has 0 unspecified atom stereocenters. The Balaban J connectivity index is 1.85. The van der Waals surface area contributed by atoms with Crippen molar-refractivity contribution in [3.63, 3.8) is 0 Å². The number of rotatable bonds is 5. The Labute approximate surface area is 124 Å². The molecule has 1 N–H and O–H groups in total. The predicted molar refractivity (Wildman–Crippen MR) is 83.5 cm³/mol. The standard InChI is InChI=1S/C17H18N2O2/c1-13-8-10-15(11-9-13)14(2)18-19-17(20)12-21-16-6-4-3-5-7-16/h3-11H,12H2,1-2H3,(H,19,20)/b18-14+. The summed E-state index contributed by atoms with van der Waals surface area (Å²) < 4.78 is 5.34. The zero-order chi connectivity index (χ0) is 15.1. The lowest BCUT2D eigenvalue weighted by atomic mass is 10.1. The maximum atomic E-state index is 11.7. The SMILES string of the molecule is C/C(=N\NC(=O)COc1ccccc1)c1ccc(C)cc1. The van der Waals surface area contributed by atoms with E-state index in [0.717, 1.165) is 11.3 Å². The van der Waals surface area contributed by atoms with Gasteiger partial charge in [0.15, 0.2) is 6.61 Å². The van der Waals surface area contributed by atoms with Crippen LogP contribution < -0.4 is 10.2 Å². The average Bonchev–Trinajstić information content (AvgIpc) is 2.52. The zero-order valence-corrected chi connectivity index (χ0v) is 12.2. The van der Waals surface area contributed by atoms with Gasteiger partial charge >= 0.3 is 0 Å². The van der Waals surface area contributed by atoms with Gasteiger partial charge in [0, 0.05) is 0 Å². The molecule has 2 aromatic carbocycles. The number of hydrogen-bond donors (Lipinski definition) is 1. The minimum absolute atomic E-state index is 0.0608. The monoisotopic (exact) mass is 282 g/mol. The molecule has 4 nitrogen and oxygen atoms in total. The highest BCUT2D eigenvalue weighted by Gasteiger charge is 2.02. The number of nitrogens with zero attached hydrogens (tertiary/aromatic N) is 1. The lowest BCUT2D eigenvalue weighted by molar-refractivity contribution is -0.123. The Kier molecular flexibility index (Phi) is 5.10. The smallest absolute Gasteiger partial charge is 0.277 e. The van der Waals surface area contributed by atoms with E-state index in [0.29, 0.717) is 5.75 Å². The number of nitrogens with one attached hydrogen (secondary N) is 1. The van der Waals surface area contributed by atoms with Crippen LogP contribution in [0, 0.1) is 6.92 Å². The number of hydrogen-bond acceptors (Lipinski definition) is 3. The fraction of sp³-hybridized carbons (Fsp3) is 0.176. The van der Waals surface area contributed by atoms with Gasteiger partial charge in [-0.05, 0) is 31.5 Å². The number of carbonyl (C=O) groups excluding carboxylic acids is 1. The molecule has 0 radical (unpaired) electrons. The molecule has 0 saturated carbocycles. The summed E-state index contributed by atoms with van der Waals surface area (Å²) in [6.07, 6.45) is 0. The van der Waals surface area contributed by atoms with Crippen LogP contribution in [-0.2, 0) is 4.79 Å². The fourth-order valence-electron chi connectivity index (χ4n) is 1.70. The molecule has 0 bridgehead atoms. The molecule has 0 heterocycles. The highest BCUT2D eigenvalue weighted by molar-refractivity contribution is 5.99. The van der Waals surface area contributed by atoms with E-state index in [-0.39, 0.29) is 12.5 Å². The molecular formula is C17H18N2O2. The van der Waals surface area contributed by atoms with Crippen LogP contribution >= 0.6 is 0 Å². The summed E-state index contributed by atoms with van der Waals surface area (Å²) in [5, 5.41) is 4.07. The first-order chi connectivity index (χ1) is 10.1. The quantitative estimate of drug-likeness (QED) is 0.677. The van der Waals surface area contributed by atoms with Gasteiger partial charge in [-0.25, -0.2) is 5.43 Å². The molecule has 0 aromatic heterocycles. The minimum atomic E-state index is -0.287. The van der Waals surface area contributed by atoms with Gasteiger partial charge in [-0.15, -0.1) is 0 Å². The zero-order valence-electron chi connectivity index (χ0n) is 12.2. The van der Waals surface area contributed by atoms with Crippen molar-refractivity contribution >= 4 is 11.6 Å². The van der Waals surface area contributed by atoms with Crippen molar-refractivity contribution in [3.8, 4) is 5.75 Å². The summed E-state index contributed by atoms with van der Waals surface area (Å²) in [5.74, 6) is 0.372. The van der Waals surface area contributed by atoms with Crippen LogP contribution in [0.4, 0.5) is 0 Å². The molecule has 21 heavy (non-hydrogen) atoms. The van der Waals surface area contributed by atoms with Crippen molar-refractivity contribution in [2.75, 3.05) is 6.61 Å². The van der Waals surface area contributed by atoms with Crippen LogP contribution in [0.15, 0.2) is 59.7 Å². The molecular weight excluding hydrogens is 264 g/mol. The first-order valence-electron chi connectivity index (χ1n) is 6.73. The summed E-state index contributed by atoms with van der Waals surface area (Å²) >= 11 is 0. The second-order valence-corrected chi connectivity index (χ2v) is 4.70. The van der Waals surface area contributed by atoms with E-state index in [4.69, 9.17) is 4.74 Å². The highest BCUT2D eigenvalue weighted by Crippen LogP contribution is 2.07. The number of carbonyl (C=O) groups is 1. The highest BCUT2D eigenvalue weighted by atomic mass is 16.5. The Morgan fingerprint density at radius 1 is 1.10 bits per heavy atom. The number of para-hydroxylation sites is 1. The minimum Gasteiger partial charge on any atom is -0.484 e. The predicted octanol–water partition coefficient (Wildman–Crippen LogP) is 2.91. The molecule has 0 saturated heterocycles. The summed E-state index contributed by atoms with van der Waals surface area (Å²) in [6.45, 7) is 3.82. The van der Waals surface area contributed by atoms with Crippen LogP contribution in [0.1, 0.15) is 18.1 Å². The molecule has 0 fully saturated rings. The molecule has 0 aliphatic heterocycles. The van der Waals surface area contributed by atoms with Gasteiger partial charge in [-0.2, -0.15) is 5.10 Å². The topological polar surface area (TPSA) is 50.7 Å². The van der Waals surface area contributed by atoms with Crippen LogP contribution in [0.3, 0.4) is 0 Å². The number of benzene rings is 2. The Morgan fingerprint density at radius 2 is 1.76 bits per heavy atom. The Bertz CT molecular complexity index is 619. The molecule has 0 atom stereocenters. The first kappa shape index (κ1) is 14.8. The third-order valence-corrected chi connectivity index (χ3v) is 2.93. The number of ether oxygens (including phenoxy) is 1. The maximum absolute atomic E-state index is 11.7. The van der Waals surface area contributed by atoms with Crippen molar-refractivity contribution in [1.82, 2.24) is 5.43 Å². The largest absolute Gasteiger partial charge is 0.484 e. The van der Waals surface area contributed by atoms with Crippen LogP contribution in [0.5, 0.6) is 5.75 Å². The van der Waals surface area contributed by atoms with E-state index in [2.05, 4.69) is 10.5 Å². The Morgan fingerprint density at radius 3 is 2.43 bits per heavy atom. The number of amides is 1. The van der Waals surface area contributed by atoms with E-state index in [1.165, 1.54) is 5.56 Å². The molecule has 1 amide bonds. The van der Waals surface area contributed by atoms with Gasteiger partial charge in [0.1, 0.15) is 5.75 Å². The molecule has 2 rings (SSSR count). The maximum Gasteiger partial charge on any atom is 0.277 e. The van der Waals surface area contributed by atoms with Crippen LogP contribution in [0.25, 0.3) is 0 Å². The van der Waals surface area contributed by atoms with Gasteiger partial charge in [0.05, 0.1) is 5.71 Å². The van der Waals surface area contributed by atoms with Crippen LogP contribution in [-0.4, -0.2) is 18.2 Å². The van der Waals surface area contributed by atoms with Gasteiger partial charge in [-0.3, -0.25) is 4.79 Å². The summed E-state index contributed by atoms with van der Waals surface area (Å²) in [6, 6.07) is 17.2. The van der Waals surface area contributed by atoms with Gasteiger partial charge in [-0.1, -0.05) is 48.0 Å². The second kappa shape index (κ2) is 7.24. The Hall–Kier alpha value is -2.62. The molecule has 108 valence electrons. The van der Waals surface area contributed by atoms with E-state index in [1.807, 2.05) is 56.3 Å². The van der Waals surface area contributed by atoms with Crippen molar-refractivity contribution in [1.29, 1.82) is 0 Å². The summed E-state index contributed by atoms with van der Waals surface area (Å²) in [5.41, 5.74) is 5.41. The van der Waals surface area contributed by atoms with Crippen molar-refractivity contribution in [3.05, 3.63) is 65.7 Å². The van der Waals surface area contributed by atoms with E-state index in [1.54, 1.807) is 12.1 Å². The van der Waals surface area contributed by atoms with Crippen LogP contribution in [0.2, 0.25) is 0 Å². The van der Waals surface area contributed by atoms with Gasteiger partial charge < -0.3 is 4.74 Å². The lowest BCUT2D eigenvalue weighted by Gasteiger charge is -2.05. The second-order valence-electron chi connectivity index (χ2n) is 4.70. The lowest BCUT2D eigenvalue weighted by Crippen LogP contribution is -2.25. The molecule has 2 aromatic rings. The number of aryl methyl sites for hydroxylation is 1. The first-order valence-corrected chi connectivity index (χ1v) is 6.73. The normalized spacial score (nSPS) is 11.0. The van der Waals surface area contributed by atoms with Crippen molar-refractivity contribution in [2.24, 2.45) is 5.10 Å². The third-order valence-electron chi connectivity index (χ3n) is 2.93. The third kappa shape index (κ3) is 4.76. The van der Waals surface area contributed by atoms with E-state index in [9.17, 15) is 4.79 Å². The molecule has 4 heteroatoms. The average molecular weight is 282 g/mol. The van der Waals surface area contributed by atoms with Gasteiger partial charge in [0.2, 0.25) is 0 Å². The van der Waals surface area contributed by atoms with Gasteiger partial charge in [0.25, 0.3) is 5.91 Å². The summed E-state index contributed by atoms with van der Waals surface area (Å²) in [7, 11) is 0. The number of hydrazone groups is 1. The van der Waals surface area contributed by atoms with Crippen molar-refractivity contribution < 1.29 is 9.53 Å². The molecule has 0 aliphatic rings. The summed E-state index contributed by atoms with van der Waals surface area (Å²) in [4.78, 5) is 11.7. The van der Waals surface area contributed by atoms with E-state index >= 15 is 0 Å².